The van der Waals surface area contributed by atoms with Crippen molar-refractivity contribution in [1.29, 1.82) is 0 Å². The Bertz CT molecular complexity index is 1230. The lowest BCUT2D eigenvalue weighted by Crippen LogP contribution is -2.12. The fraction of sp³-hybridized carbons (Fsp3) is 0. The summed E-state index contributed by atoms with van der Waals surface area (Å²) < 4.78 is 0. The third-order valence-corrected chi connectivity index (χ3v) is 4.55. The first-order valence-electron chi connectivity index (χ1n) is 7.10. The van der Waals surface area contributed by atoms with E-state index >= 15 is 0 Å². The Kier molecular flexibility index (Phi) is 3.48. The number of aromatic nitrogens is 3. The first-order chi connectivity index (χ1) is 12.0. The molecule has 0 amide bonds. The van der Waals surface area contributed by atoms with Gasteiger partial charge in [0.25, 0.3) is 5.56 Å². The zero-order chi connectivity index (χ0) is 17.7. The number of nitrogens with one attached hydrogen (secondary N) is 2. The molecule has 2 N–H and O–H groups in total. The van der Waals surface area contributed by atoms with E-state index in [2.05, 4.69) is 15.0 Å². The van der Waals surface area contributed by atoms with E-state index in [4.69, 9.17) is 23.2 Å². The Balaban J connectivity index is 2.08. The largest absolute Gasteiger partial charge is 0.347 e. The van der Waals surface area contributed by atoms with Gasteiger partial charge < -0.3 is 9.97 Å². The monoisotopic (exact) mass is 374 g/mol. The molecule has 4 rings (SSSR count). The van der Waals surface area contributed by atoms with Crippen molar-refractivity contribution in [2.45, 2.75) is 0 Å². The van der Waals surface area contributed by atoms with Crippen LogP contribution in [0.3, 0.4) is 0 Å². The number of nitrogens with zero attached hydrogens (tertiary/aromatic N) is 2. The molecule has 0 unspecified atom stereocenters. The van der Waals surface area contributed by atoms with Crippen LogP contribution in [0.5, 0.6) is 0 Å². The van der Waals surface area contributed by atoms with Gasteiger partial charge in [-0.25, -0.2) is 4.98 Å². The molecule has 2 aromatic carbocycles. The number of rotatable bonds is 2. The second-order valence-corrected chi connectivity index (χ2v) is 6.16. The van der Waals surface area contributed by atoms with Crippen molar-refractivity contribution < 1.29 is 4.92 Å². The van der Waals surface area contributed by atoms with Crippen molar-refractivity contribution >= 4 is 50.8 Å². The third kappa shape index (κ3) is 2.45. The Morgan fingerprint density at radius 2 is 1.76 bits per heavy atom. The molecule has 0 aliphatic heterocycles. The van der Waals surface area contributed by atoms with Crippen LogP contribution in [-0.2, 0) is 0 Å². The lowest BCUT2D eigenvalue weighted by Gasteiger charge is -2.03. The molecule has 2 aromatic heterocycles. The molecule has 0 aliphatic carbocycles. The molecule has 0 saturated carbocycles. The molecule has 124 valence electrons. The summed E-state index contributed by atoms with van der Waals surface area (Å²) in [6.07, 6.45) is 0. The topological polar surface area (TPSA) is 105 Å². The molecule has 0 atom stereocenters. The lowest BCUT2D eigenvalue weighted by atomic mass is 10.2. The van der Waals surface area contributed by atoms with Crippen molar-refractivity contribution in [3.05, 3.63) is 66.9 Å². The summed E-state index contributed by atoms with van der Waals surface area (Å²) in [6.45, 7) is 0. The van der Waals surface area contributed by atoms with Gasteiger partial charge in [-0.15, -0.1) is 0 Å². The van der Waals surface area contributed by atoms with Gasteiger partial charge in [-0.1, -0.05) is 35.3 Å². The predicted octanol–water partition coefficient (Wildman–Crippen LogP) is 4.29. The van der Waals surface area contributed by atoms with Gasteiger partial charge >= 0.3 is 5.69 Å². The zero-order valence-electron chi connectivity index (χ0n) is 12.3. The Labute approximate surface area is 149 Å². The summed E-state index contributed by atoms with van der Waals surface area (Å²) in [5.41, 5.74) is 0.487. The van der Waals surface area contributed by atoms with E-state index < -0.39 is 10.5 Å². The number of fused-ring (bicyclic) bond motifs is 2. The maximum absolute atomic E-state index is 12.4. The lowest BCUT2D eigenvalue weighted by molar-refractivity contribution is -0.382. The minimum atomic E-state index is -0.569. The number of para-hydroxylation sites is 1. The van der Waals surface area contributed by atoms with E-state index in [1.807, 2.05) is 0 Å². The second-order valence-electron chi connectivity index (χ2n) is 5.35. The number of hydrogen-bond acceptors (Lipinski definition) is 4. The predicted molar refractivity (Wildman–Crippen MR) is 96.3 cm³/mol. The average molecular weight is 375 g/mol. The maximum Gasteiger partial charge on any atom is 0.304 e. The van der Waals surface area contributed by atoms with Crippen molar-refractivity contribution in [2.75, 3.05) is 0 Å². The van der Waals surface area contributed by atoms with E-state index in [-0.39, 0.29) is 27.1 Å². The van der Waals surface area contributed by atoms with Crippen molar-refractivity contribution in [3.63, 3.8) is 0 Å². The standard InChI is InChI=1S/C16H8Cl2N4O3/c17-8-5-11-12(6-9(8)18)21-16(23)14(20-11)13-15(22(24)25)7-3-1-2-4-10(7)19-13/h1-6,19H,(H,21,23). The summed E-state index contributed by atoms with van der Waals surface area (Å²) in [5, 5.41) is 12.5. The van der Waals surface area contributed by atoms with Crippen LogP contribution in [0.4, 0.5) is 5.69 Å². The summed E-state index contributed by atoms with van der Waals surface area (Å²) in [7, 11) is 0. The first-order valence-corrected chi connectivity index (χ1v) is 7.86. The highest BCUT2D eigenvalue weighted by Gasteiger charge is 2.26. The summed E-state index contributed by atoms with van der Waals surface area (Å²) >= 11 is 11.9. The number of halogens is 2. The van der Waals surface area contributed by atoms with E-state index in [0.717, 1.165) is 0 Å². The third-order valence-electron chi connectivity index (χ3n) is 3.83. The summed E-state index contributed by atoms with van der Waals surface area (Å²) in [6, 6.07) is 9.71. The van der Waals surface area contributed by atoms with Crippen molar-refractivity contribution in [1.82, 2.24) is 15.0 Å². The van der Waals surface area contributed by atoms with Crippen LogP contribution in [0.1, 0.15) is 0 Å². The minimum absolute atomic E-state index is 0.0421. The number of aromatic amines is 2. The average Bonchev–Trinajstić information content (AvgIpc) is 2.95. The highest BCUT2D eigenvalue weighted by atomic mass is 35.5. The van der Waals surface area contributed by atoms with Crippen LogP contribution in [0.15, 0.2) is 41.2 Å². The van der Waals surface area contributed by atoms with Crippen molar-refractivity contribution in [3.8, 4) is 11.4 Å². The Hall–Kier alpha value is -2.90. The molecule has 25 heavy (non-hydrogen) atoms. The van der Waals surface area contributed by atoms with E-state index in [0.29, 0.717) is 21.9 Å². The zero-order valence-corrected chi connectivity index (χ0v) is 13.9. The normalized spacial score (nSPS) is 11.3. The highest BCUT2D eigenvalue weighted by Crippen LogP contribution is 2.35. The number of hydrogen-bond donors (Lipinski definition) is 2. The molecule has 2 heterocycles. The van der Waals surface area contributed by atoms with Crippen molar-refractivity contribution in [2.24, 2.45) is 0 Å². The molecular formula is C16H8Cl2N4O3. The molecule has 0 bridgehead atoms. The molecular weight excluding hydrogens is 367 g/mol. The van der Waals surface area contributed by atoms with Gasteiger partial charge in [0.2, 0.25) is 0 Å². The first kappa shape index (κ1) is 15.6. The number of H-pyrrole nitrogens is 2. The summed E-state index contributed by atoms with van der Waals surface area (Å²) in [5.74, 6) is 0. The number of nitro groups is 1. The highest BCUT2D eigenvalue weighted by molar-refractivity contribution is 6.42. The molecule has 0 spiro atoms. The fourth-order valence-electron chi connectivity index (χ4n) is 2.74. The van der Waals surface area contributed by atoms with Crippen LogP contribution >= 0.6 is 23.2 Å². The second kappa shape index (κ2) is 5.58. The maximum atomic E-state index is 12.4. The molecule has 9 heteroatoms. The van der Waals surface area contributed by atoms with Crippen LogP contribution in [0, 0.1) is 10.1 Å². The Morgan fingerprint density at radius 1 is 1.04 bits per heavy atom. The molecule has 0 saturated heterocycles. The molecule has 0 aliphatic rings. The van der Waals surface area contributed by atoms with Gasteiger partial charge in [0, 0.05) is 0 Å². The van der Waals surface area contributed by atoms with E-state index in [9.17, 15) is 14.9 Å². The van der Waals surface area contributed by atoms with Gasteiger partial charge in [0.05, 0.1) is 36.9 Å². The van der Waals surface area contributed by atoms with Crippen LogP contribution in [0.25, 0.3) is 33.3 Å². The van der Waals surface area contributed by atoms with E-state index in [1.54, 1.807) is 24.3 Å². The smallest absolute Gasteiger partial charge is 0.304 e. The van der Waals surface area contributed by atoms with Crippen LogP contribution < -0.4 is 5.56 Å². The molecule has 0 radical (unpaired) electrons. The van der Waals surface area contributed by atoms with Gasteiger partial charge in [-0.2, -0.15) is 0 Å². The molecule has 7 nitrogen and oxygen atoms in total. The van der Waals surface area contributed by atoms with Gasteiger partial charge in [-0.3, -0.25) is 14.9 Å². The van der Waals surface area contributed by atoms with Crippen LogP contribution in [0.2, 0.25) is 10.0 Å². The van der Waals surface area contributed by atoms with Gasteiger partial charge in [0.1, 0.15) is 5.69 Å². The van der Waals surface area contributed by atoms with Gasteiger partial charge in [0.15, 0.2) is 5.69 Å². The van der Waals surface area contributed by atoms with Gasteiger partial charge in [-0.05, 0) is 24.3 Å². The number of benzene rings is 2. The SMILES string of the molecule is O=c1[nH]c2cc(Cl)c(Cl)cc2nc1-c1[nH]c2ccccc2c1[N+](=O)[O-]. The molecule has 4 aromatic rings. The Morgan fingerprint density at radius 3 is 2.52 bits per heavy atom. The summed E-state index contributed by atoms with van der Waals surface area (Å²) in [4.78, 5) is 33.3. The van der Waals surface area contributed by atoms with Crippen LogP contribution in [-0.4, -0.2) is 19.9 Å². The quantitative estimate of drug-likeness (QED) is 0.403. The minimum Gasteiger partial charge on any atom is -0.347 e. The van der Waals surface area contributed by atoms with E-state index in [1.165, 1.54) is 12.1 Å². The fourth-order valence-corrected chi connectivity index (χ4v) is 3.06. The molecule has 0 fully saturated rings.